The van der Waals surface area contributed by atoms with Crippen molar-refractivity contribution in [3.05, 3.63) is 58.8 Å². The molecule has 3 rings (SSSR count). The Kier molecular flexibility index (Phi) is 6.14. The standard InChI is InChI=1S/C21H21ClN2O2S/c1-13(2)26-19-9-8-16(12-18(19)22)20-23-24-21(27-20)17-7-5-6-15(14(17)3)10-11-25-4/h5-13H,1-4H3. The van der Waals surface area contributed by atoms with Gasteiger partial charge in [0.25, 0.3) is 0 Å². The zero-order valence-electron chi connectivity index (χ0n) is 15.7. The highest BCUT2D eigenvalue weighted by molar-refractivity contribution is 7.17. The first kappa shape index (κ1) is 19.4. The molecule has 0 fully saturated rings. The molecule has 0 saturated heterocycles. The second-order valence-electron chi connectivity index (χ2n) is 6.28. The van der Waals surface area contributed by atoms with Gasteiger partial charge in [-0.1, -0.05) is 41.1 Å². The molecule has 0 atom stereocenters. The molecule has 1 aromatic heterocycles. The van der Waals surface area contributed by atoms with Gasteiger partial charge in [0.1, 0.15) is 15.8 Å². The van der Waals surface area contributed by atoms with Crippen molar-refractivity contribution in [1.29, 1.82) is 0 Å². The summed E-state index contributed by atoms with van der Waals surface area (Å²) in [5, 5.41) is 11.0. The molecule has 1 heterocycles. The Hall–Kier alpha value is -2.37. The Labute approximate surface area is 168 Å². The van der Waals surface area contributed by atoms with E-state index in [1.807, 2.05) is 50.3 Å². The monoisotopic (exact) mass is 400 g/mol. The molecule has 0 N–H and O–H groups in total. The number of rotatable bonds is 6. The molecular formula is C21H21ClN2O2S. The van der Waals surface area contributed by atoms with Gasteiger partial charge in [0, 0.05) is 11.1 Å². The van der Waals surface area contributed by atoms with Crippen LogP contribution < -0.4 is 4.74 Å². The normalized spacial score (nSPS) is 11.3. The van der Waals surface area contributed by atoms with Crippen LogP contribution in [0.25, 0.3) is 27.2 Å². The van der Waals surface area contributed by atoms with E-state index in [-0.39, 0.29) is 6.10 Å². The van der Waals surface area contributed by atoms with E-state index in [4.69, 9.17) is 21.1 Å². The summed E-state index contributed by atoms with van der Waals surface area (Å²) in [7, 11) is 1.63. The molecule has 2 aromatic carbocycles. The summed E-state index contributed by atoms with van der Waals surface area (Å²) in [5.41, 5.74) is 4.20. The van der Waals surface area contributed by atoms with Crippen LogP contribution in [0.3, 0.4) is 0 Å². The Morgan fingerprint density at radius 3 is 2.59 bits per heavy atom. The van der Waals surface area contributed by atoms with Crippen LogP contribution in [0, 0.1) is 6.92 Å². The van der Waals surface area contributed by atoms with Crippen LogP contribution in [0.1, 0.15) is 25.0 Å². The summed E-state index contributed by atoms with van der Waals surface area (Å²) in [6.07, 6.45) is 3.68. The van der Waals surface area contributed by atoms with Crippen molar-refractivity contribution in [3.63, 3.8) is 0 Å². The molecule has 4 nitrogen and oxygen atoms in total. The predicted octanol–water partition coefficient (Wildman–Crippen LogP) is 6.24. The highest BCUT2D eigenvalue weighted by atomic mass is 35.5. The lowest BCUT2D eigenvalue weighted by molar-refractivity contribution is 0.242. The third kappa shape index (κ3) is 4.49. The first-order valence-corrected chi connectivity index (χ1v) is 9.78. The maximum atomic E-state index is 6.35. The van der Waals surface area contributed by atoms with Crippen molar-refractivity contribution in [2.75, 3.05) is 7.11 Å². The van der Waals surface area contributed by atoms with Crippen LogP contribution in [0.2, 0.25) is 5.02 Å². The van der Waals surface area contributed by atoms with Crippen LogP contribution in [-0.2, 0) is 4.74 Å². The summed E-state index contributed by atoms with van der Waals surface area (Å²) in [6, 6.07) is 11.8. The zero-order chi connectivity index (χ0) is 19.4. The third-order valence-corrected chi connectivity index (χ3v) is 5.26. The molecule has 6 heteroatoms. The van der Waals surface area contributed by atoms with E-state index >= 15 is 0 Å². The van der Waals surface area contributed by atoms with Gasteiger partial charge in [-0.25, -0.2) is 0 Å². The number of methoxy groups -OCH3 is 1. The first-order chi connectivity index (χ1) is 13.0. The lowest BCUT2D eigenvalue weighted by Gasteiger charge is -2.11. The molecule has 0 spiro atoms. The highest BCUT2D eigenvalue weighted by Gasteiger charge is 2.13. The van der Waals surface area contributed by atoms with Crippen molar-refractivity contribution >= 4 is 29.0 Å². The molecule has 0 radical (unpaired) electrons. The van der Waals surface area contributed by atoms with Gasteiger partial charge in [0.15, 0.2) is 0 Å². The maximum absolute atomic E-state index is 6.35. The molecule has 140 valence electrons. The Morgan fingerprint density at radius 1 is 1.11 bits per heavy atom. The van der Waals surface area contributed by atoms with Crippen LogP contribution in [0.4, 0.5) is 0 Å². The van der Waals surface area contributed by atoms with Crippen molar-refractivity contribution in [2.45, 2.75) is 26.9 Å². The minimum atomic E-state index is 0.0730. The van der Waals surface area contributed by atoms with E-state index in [1.54, 1.807) is 13.4 Å². The molecule has 0 aliphatic carbocycles. The quantitative estimate of drug-likeness (QED) is 0.459. The minimum Gasteiger partial charge on any atom is -0.504 e. The SMILES string of the molecule is COC=Cc1cccc(-c2nnc(-c3ccc(OC(C)C)c(Cl)c3)s2)c1C. The molecule has 0 saturated carbocycles. The van der Waals surface area contributed by atoms with Gasteiger partial charge in [-0.2, -0.15) is 0 Å². The number of halogens is 1. The fraction of sp³-hybridized carbons (Fsp3) is 0.238. The van der Waals surface area contributed by atoms with Crippen LogP contribution >= 0.6 is 22.9 Å². The Bertz CT molecular complexity index is 967. The molecule has 27 heavy (non-hydrogen) atoms. The molecule has 0 unspecified atom stereocenters. The van der Waals surface area contributed by atoms with Crippen molar-refractivity contribution in [2.24, 2.45) is 0 Å². The van der Waals surface area contributed by atoms with Gasteiger partial charge in [-0.05, 0) is 56.2 Å². The smallest absolute Gasteiger partial charge is 0.148 e. The topological polar surface area (TPSA) is 44.2 Å². The van der Waals surface area contributed by atoms with Crippen LogP contribution in [0.15, 0.2) is 42.7 Å². The second-order valence-corrected chi connectivity index (χ2v) is 7.67. The van der Waals surface area contributed by atoms with Gasteiger partial charge < -0.3 is 9.47 Å². The number of ether oxygens (including phenoxy) is 2. The zero-order valence-corrected chi connectivity index (χ0v) is 17.3. The molecule has 0 bridgehead atoms. The van der Waals surface area contributed by atoms with E-state index in [1.165, 1.54) is 11.3 Å². The number of hydrogen-bond acceptors (Lipinski definition) is 5. The van der Waals surface area contributed by atoms with E-state index in [0.29, 0.717) is 10.8 Å². The fourth-order valence-corrected chi connectivity index (χ4v) is 3.79. The van der Waals surface area contributed by atoms with Crippen molar-refractivity contribution in [1.82, 2.24) is 10.2 Å². The van der Waals surface area contributed by atoms with E-state index < -0.39 is 0 Å². The summed E-state index contributed by atoms with van der Waals surface area (Å²) >= 11 is 7.89. The van der Waals surface area contributed by atoms with Crippen LogP contribution in [-0.4, -0.2) is 23.4 Å². The lowest BCUT2D eigenvalue weighted by atomic mass is 10.0. The van der Waals surface area contributed by atoms with Gasteiger partial charge in [-0.3, -0.25) is 0 Å². The second kappa shape index (κ2) is 8.55. The van der Waals surface area contributed by atoms with Gasteiger partial charge >= 0.3 is 0 Å². The van der Waals surface area contributed by atoms with E-state index in [9.17, 15) is 0 Å². The summed E-state index contributed by atoms with van der Waals surface area (Å²) in [4.78, 5) is 0. The largest absolute Gasteiger partial charge is 0.504 e. The lowest BCUT2D eigenvalue weighted by Crippen LogP contribution is -2.05. The van der Waals surface area contributed by atoms with E-state index in [2.05, 4.69) is 23.2 Å². The predicted molar refractivity (Wildman–Crippen MR) is 112 cm³/mol. The number of hydrogen-bond donors (Lipinski definition) is 0. The summed E-state index contributed by atoms with van der Waals surface area (Å²) < 4.78 is 10.7. The molecule has 0 aliphatic heterocycles. The first-order valence-electron chi connectivity index (χ1n) is 8.59. The molecule has 3 aromatic rings. The average Bonchev–Trinajstić information content (AvgIpc) is 3.12. The van der Waals surface area contributed by atoms with Gasteiger partial charge in [0.05, 0.1) is 24.5 Å². The molecule has 0 amide bonds. The molecular weight excluding hydrogens is 380 g/mol. The van der Waals surface area contributed by atoms with E-state index in [0.717, 1.165) is 32.3 Å². The maximum Gasteiger partial charge on any atom is 0.148 e. The van der Waals surface area contributed by atoms with Gasteiger partial charge in [-0.15, -0.1) is 10.2 Å². The number of benzene rings is 2. The van der Waals surface area contributed by atoms with Crippen LogP contribution in [0.5, 0.6) is 5.75 Å². The Balaban J connectivity index is 1.92. The van der Waals surface area contributed by atoms with Crippen molar-refractivity contribution in [3.8, 4) is 26.9 Å². The molecule has 0 aliphatic rings. The Morgan fingerprint density at radius 2 is 1.89 bits per heavy atom. The third-order valence-electron chi connectivity index (χ3n) is 3.96. The fourth-order valence-electron chi connectivity index (χ4n) is 2.64. The van der Waals surface area contributed by atoms with Crippen molar-refractivity contribution < 1.29 is 9.47 Å². The number of aromatic nitrogens is 2. The van der Waals surface area contributed by atoms with Gasteiger partial charge in [0.2, 0.25) is 0 Å². The average molecular weight is 401 g/mol. The highest BCUT2D eigenvalue weighted by Crippen LogP contribution is 2.36. The minimum absolute atomic E-state index is 0.0730. The summed E-state index contributed by atoms with van der Waals surface area (Å²) in [5.74, 6) is 0.675. The number of nitrogens with zero attached hydrogens (tertiary/aromatic N) is 2. The summed E-state index contributed by atoms with van der Waals surface area (Å²) in [6.45, 7) is 6.01.